The second-order valence-corrected chi connectivity index (χ2v) is 6.59. The smallest absolute Gasteiger partial charge is 0.139 e. The normalized spacial score (nSPS) is 19.3. The van der Waals surface area contributed by atoms with Crippen molar-refractivity contribution < 1.29 is 4.79 Å². The predicted octanol–water partition coefficient (Wildman–Crippen LogP) is 3.33. The topological polar surface area (TPSA) is 42.0 Å². The second-order valence-electron chi connectivity index (χ2n) is 5.48. The summed E-state index contributed by atoms with van der Waals surface area (Å²) in [6.45, 7) is 1.11. The molecule has 1 aliphatic rings. The van der Waals surface area contributed by atoms with Crippen LogP contribution in [0.5, 0.6) is 0 Å². The van der Waals surface area contributed by atoms with Gasteiger partial charge in [0.15, 0.2) is 0 Å². The molecule has 2 aromatic rings. The van der Waals surface area contributed by atoms with Crippen LogP contribution in [0.15, 0.2) is 24.3 Å². The van der Waals surface area contributed by atoms with Gasteiger partial charge in [0.2, 0.25) is 0 Å². The Morgan fingerprint density at radius 2 is 2.25 bits per heavy atom. The number of para-hydroxylation sites is 1. The summed E-state index contributed by atoms with van der Waals surface area (Å²) in [6, 6.07) is 8.62. The van der Waals surface area contributed by atoms with E-state index in [-0.39, 0.29) is 0 Å². The summed E-state index contributed by atoms with van der Waals surface area (Å²) in [5, 5.41) is 4.45. The molecule has 1 N–H and O–H groups in total. The SMILES string of the molecule is O=C(CCC1CCCCN1)Cc1nc2ccccc2s1. The lowest BCUT2D eigenvalue weighted by Crippen LogP contribution is -2.34. The molecule has 0 spiro atoms. The largest absolute Gasteiger partial charge is 0.314 e. The Hall–Kier alpha value is -1.26. The minimum atomic E-state index is 0.316. The maximum atomic E-state index is 12.1. The molecule has 1 atom stereocenters. The third-order valence-corrected chi connectivity index (χ3v) is 4.91. The van der Waals surface area contributed by atoms with Gasteiger partial charge in [-0.3, -0.25) is 4.79 Å². The van der Waals surface area contributed by atoms with E-state index in [2.05, 4.69) is 16.4 Å². The van der Waals surface area contributed by atoms with E-state index in [1.165, 1.54) is 24.0 Å². The van der Waals surface area contributed by atoms with Crippen LogP contribution < -0.4 is 5.32 Å². The number of carbonyl (C=O) groups excluding carboxylic acids is 1. The molecule has 0 radical (unpaired) electrons. The van der Waals surface area contributed by atoms with Gasteiger partial charge in [0.1, 0.15) is 10.8 Å². The lowest BCUT2D eigenvalue weighted by Gasteiger charge is -2.22. The first-order chi connectivity index (χ1) is 9.81. The van der Waals surface area contributed by atoms with Gasteiger partial charge in [-0.05, 0) is 37.9 Å². The van der Waals surface area contributed by atoms with Gasteiger partial charge in [0, 0.05) is 12.5 Å². The van der Waals surface area contributed by atoms with E-state index in [0.29, 0.717) is 24.7 Å². The summed E-state index contributed by atoms with van der Waals surface area (Å²) in [5.74, 6) is 0.316. The quantitative estimate of drug-likeness (QED) is 0.917. The van der Waals surface area contributed by atoms with Crippen LogP contribution in [0.3, 0.4) is 0 Å². The van der Waals surface area contributed by atoms with E-state index in [1.807, 2.05) is 18.2 Å². The van der Waals surface area contributed by atoms with E-state index in [0.717, 1.165) is 23.5 Å². The second kappa shape index (κ2) is 6.46. The van der Waals surface area contributed by atoms with Crippen molar-refractivity contribution in [1.82, 2.24) is 10.3 Å². The number of aromatic nitrogens is 1. The standard InChI is InChI=1S/C16H20N2OS/c19-13(9-8-12-5-3-4-10-17-12)11-16-18-14-6-1-2-7-15(14)20-16/h1-2,6-7,12,17H,3-5,8-11H2. The summed E-state index contributed by atoms with van der Waals surface area (Å²) < 4.78 is 1.17. The van der Waals surface area contributed by atoms with Crippen LogP contribution in [-0.4, -0.2) is 23.4 Å². The summed E-state index contributed by atoms with van der Waals surface area (Å²) >= 11 is 1.64. The van der Waals surface area contributed by atoms with E-state index >= 15 is 0 Å². The number of benzene rings is 1. The molecule has 20 heavy (non-hydrogen) atoms. The lowest BCUT2D eigenvalue weighted by atomic mass is 9.99. The number of fused-ring (bicyclic) bond motifs is 1. The van der Waals surface area contributed by atoms with E-state index in [9.17, 15) is 4.79 Å². The molecule has 1 fully saturated rings. The molecular formula is C16H20N2OS. The number of nitrogens with one attached hydrogen (secondary N) is 1. The zero-order valence-corrected chi connectivity index (χ0v) is 12.4. The minimum absolute atomic E-state index is 0.316. The van der Waals surface area contributed by atoms with Crippen molar-refractivity contribution in [3.05, 3.63) is 29.3 Å². The Kier molecular flexibility index (Phi) is 4.43. The minimum Gasteiger partial charge on any atom is -0.314 e. The molecule has 3 rings (SSSR count). The highest BCUT2D eigenvalue weighted by molar-refractivity contribution is 7.18. The van der Waals surface area contributed by atoms with Crippen LogP contribution in [0, 0.1) is 0 Å². The molecular weight excluding hydrogens is 268 g/mol. The summed E-state index contributed by atoms with van der Waals surface area (Å²) in [7, 11) is 0. The molecule has 0 amide bonds. The highest BCUT2D eigenvalue weighted by Gasteiger charge is 2.15. The number of carbonyl (C=O) groups is 1. The summed E-state index contributed by atoms with van der Waals surface area (Å²) in [6.07, 6.45) is 5.93. The Labute approximate surface area is 123 Å². The molecule has 0 saturated carbocycles. The monoisotopic (exact) mass is 288 g/mol. The van der Waals surface area contributed by atoms with E-state index in [4.69, 9.17) is 0 Å². The van der Waals surface area contributed by atoms with Gasteiger partial charge in [-0.2, -0.15) is 0 Å². The van der Waals surface area contributed by atoms with Crippen LogP contribution in [-0.2, 0) is 11.2 Å². The van der Waals surface area contributed by atoms with Crippen molar-refractivity contribution in [3.63, 3.8) is 0 Å². The van der Waals surface area contributed by atoms with Crippen molar-refractivity contribution in [2.45, 2.75) is 44.6 Å². The van der Waals surface area contributed by atoms with Crippen molar-refractivity contribution in [2.75, 3.05) is 6.54 Å². The van der Waals surface area contributed by atoms with Gasteiger partial charge in [-0.15, -0.1) is 11.3 Å². The van der Waals surface area contributed by atoms with Gasteiger partial charge in [0.25, 0.3) is 0 Å². The fraction of sp³-hybridized carbons (Fsp3) is 0.500. The number of piperidine rings is 1. The lowest BCUT2D eigenvalue weighted by molar-refractivity contribution is -0.118. The number of hydrogen-bond donors (Lipinski definition) is 1. The van der Waals surface area contributed by atoms with Crippen LogP contribution in [0.1, 0.15) is 37.1 Å². The average molecular weight is 288 g/mol. The fourth-order valence-electron chi connectivity index (χ4n) is 2.76. The zero-order valence-electron chi connectivity index (χ0n) is 11.6. The van der Waals surface area contributed by atoms with Gasteiger partial charge >= 0.3 is 0 Å². The van der Waals surface area contributed by atoms with Gasteiger partial charge in [0.05, 0.1) is 16.6 Å². The first-order valence-electron chi connectivity index (χ1n) is 7.41. The Morgan fingerprint density at radius 1 is 1.35 bits per heavy atom. The molecule has 0 bridgehead atoms. The highest BCUT2D eigenvalue weighted by atomic mass is 32.1. The number of thiazole rings is 1. The molecule has 1 saturated heterocycles. The molecule has 106 valence electrons. The number of Topliss-reactive ketones (excluding diaryl/α,β-unsaturated/α-hetero) is 1. The van der Waals surface area contributed by atoms with Crippen molar-refractivity contribution in [2.24, 2.45) is 0 Å². The third kappa shape index (κ3) is 3.44. The van der Waals surface area contributed by atoms with Crippen molar-refractivity contribution in [1.29, 1.82) is 0 Å². The summed E-state index contributed by atoms with van der Waals surface area (Å²) in [5.41, 5.74) is 1.01. The Bertz CT molecular complexity index is 554. The molecule has 4 heteroatoms. The van der Waals surface area contributed by atoms with Gasteiger partial charge < -0.3 is 5.32 Å². The molecule has 1 aliphatic heterocycles. The first-order valence-corrected chi connectivity index (χ1v) is 8.22. The Morgan fingerprint density at radius 3 is 3.05 bits per heavy atom. The molecule has 1 unspecified atom stereocenters. The molecule has 1 aromatic heterocycles. The average Bonchev–Trinajstić information content (AvgIpc) is 2.88. The number of nitrogens with zero attached hydrogens (tertiary/aromatic N) is 1. The highest BCUT2D eigenvalue weighted by Crippen LogP contribution is 2.22. The van der Waals surface area contributed by atoms with Gasteiger partial charge in [-0.1, -0.05) is 18.6 Å². The van der Waals surface area contributed by atoms with E-state index in [1.54, 1.807) is 11.3 Å². The predicted molar refractivity (Wildman–Crippen MR) is 83.2 cm³/mol. The van der Waals surface area contributed by atoms with E-state index < -0.39 is 0 Å². The van der Waals surface area contributed by atoms with Crippen LogP contribution in [0.2, 0.25) is 0 Å². The first kappa shape index (κ1) is 13.7. The van der Waals surface area contributed by atoms with Gasteiger partial charge in [-0.25, -0.2) is 4.98 Å². The maximum absolute atomic E-state index is 12.1. The molecule has 2 heterocycles. The van der Waals surface area contributed by atoms with Crippen LogP contribution in [0.25, 0.3) is 10.2 Å². The van der Waals surface area contributed by atoms with Crippen molar-refractivity contribution in [3.8, 4) is 0 Å². The number of hydrogen-bond acceptors (Lipinski definition) is 4. The van der Waals surface area contributed by atoms with Crippen LogP contribution in [0.4, 0.5) is 0 Å². The fourth-order valence-corrected chi connectivity index (χ4v) is 3.75. The maximum Gasteiger partial charge on any atom is 0.139 e. The summed E-state index contributed by atoms with van der Waals surface area (Å²) in [4.78, 5) is 16.6. The molecule has 0 aliphatic carbocycles. The Balaban J connectivity index is 1.52. The number of rotatable bonds is 5. The molecule has 1 aromatic carbocycles. The zero-order chi connectivity index (χ0) is 13.8. The van der Waals surface area contributed by atoms with Crippen LogP contribution >= 0.6 is 11.3 Å². The number of ketones is 1. The third-order valence-electron chi connectivity index (χ3n) is 3.87. The van der Waals surface area contributed by atoms with Crippen molar-refractivity contribution >= 4 is 27.3 Å². The molecule has 3 nitrogen and oxygen atoms in total.